The first-order valence-electron chi connectivity index (χ1n) is 11.1. The second-order valence-corrected chi connectivity index (χ2v) is 8.54. The predicted molar refractivity (Wildman–Crippen MR) is 123 cm³/mol. The first-order valence-corrected chi connectivity index (χ1v) is 11.1. The lowest BCUT2D eigenvalue weighted by atomic mass is 9.77. The third-order valence-corrected chi connectivity index (χ3v) is 6.52. The Kier molecular flexibility index (Phi) is 6.35. The molecule has 2 aromatic carbocycles. The van der Waals surface area contributed by atoms with Crippen molar-refractivity contribution in [2.45, 2.75) is 51.5 Å². The van der Waals surface area contributed by atoms with E-state index < -0.39 is 6.04 Å². The molecule has 6 heteroatoms. The molecule has 0 saturated heterocycles. The van der Waals surface area contributed by atoms with Gasteiger partial charge in [-0.1, -0.05) is 56.7 Å². The van der Waals surface area contributed by atoms with Gasteiger partial charge in [0, 0.05) is 17.5 Å². The van der Waals surface area contributed by atoms with E-state index in [1.165, 1.54) is 11.3 Å². The number of aliphatic imine (C=N–C) groups is 1. The maximum absolute atomic E-state index is 13.2. The molecule has 4 rings (SSSR count). The number of para-hydroxylation sites is 2. The number of hydrogen-bond donors (Lipinski definition) is 3. The molecule has 1 heterocycles. The third-order valence-electron chi connectivity index (χ3n) is 6.52. The van der Waals surface area contributed by atoms with Gasteiger partial charge in [-0.3, -0.25) is 25.4 Å². The molecule has 2 aromatic rings. The lowest BCUT2D eigenvalue weighted by molar-refractivity contribution is -0.132. The molecule has 1 aliphatic heterocycles. The normalized spacial score (nSPS) is 21.2. The molecular weight excluding hydrogens is 388 g/mol. The van der Waals surface area contributed by atoms with Crippen LogP contribution >= 0.6 is 0 Å². The molecule has 3 unspecified atom stereocenters. The van der Waals surface area contributed by atoms with Crippen LogP contribution in [-0.2, 0) is 9.59 Å². The molecule has 1 fully saturated rings. The Bertz CT molecular complexity index is 972. The van der Waals surface area contributed by atoms with E-state index in [0.717, 1.165) is 37.1 Å². The molecule has 4 atom stereocenters. The molecule has 6 nitrogen and oxygen atoms in total. The zero-order valence-electron chi connectivity index (χ0n) is 18.1. The Hall–Kier alpha value is -3.15. The van der Waals surface area contributed by atoms with Gasteiger partial charge < -0.3 is 5.32 Å². The molecule has 2 aliphatic rings. The topological polar surface area (TPSA) is 82.6 Å². The van der Waals surface area contributed by atoms with Crippen molar-refractivity contribution in [2.75, 3.05) is 5.43 Å². The second kappa shape index (κ2) is 9.33. The number of hydrogen-bond acceptors (Lipinski definition) is 4. The van der Waals surface area contributed by atoms with Crippen LogP contribution in [0.5, 0.6) is 0 Å². The highest BCUT2D eigenvalue weighted by atomic mass is 16.2. The zero-order chi connectivity index (χ0) is 21.8. The van der Waals surface area contributed by atoms with Crippen LogP contribution in [0.1, 0.15) is 51.0 Å². The second-order valence-electron chi connectivity index (χ2n) is 8.54. The van der Waals surface area contributed by atoms with E-state index >= 15 is 0 Å². The zero-order valence-corrected chi connectivity index (χ0v) is 18.1. The van der Waals surface area contributed by atoms with Crippen LogP contribution in [0.2, 0.25) is 0 Å². The number of anilines is 1. The number of carbonyl (C=O) groups excluding carboxylic acids is 2. The fourth-order valence-corrected chi connectivity index (χ4v) is 4.46. The summed E-state index contributed by atoms with van der Waals surface area (Å²) >= 11 is 0. The van der Waals surface area contributed by atoms with Gasteiger partial charge in [-0.25, -0.2) is 0 Å². The summed E-state index contributed by atoms with van der Waals surface area (Å²) in [5, 5.41) is 3.05. The van der Waals surface area contributed by atoms with Gasteiger partial charge >= 0.3 is 0 Å². The molecule has 0 spiro atoms. The van der Waals surface area contributed by atoms with Crippen LogP contribution in [-0.4, -0.2) is 23.6 Å². The average Bonchev–Trinajstić information content (AvgIpc) is 3.19. The van der Waals surface area contributed by atoms with Crippen molar-refractivity contribution >= 4 is 28.9 Å². The first kappa shape index (κ1) is 21.1. The van der Waals surface area contributed by atoms with Gasteiger partial charge in [0.25, 0.3) is 5.91 Å². The number of rotatable bonds is 7. The molecule has 0 aromatic heterocycles. The minimum Gasteiger partial charge on any atom is -0.344 e. The number of nitrogens with zero attached hydrogens (tertiary/aromatic N) is 1. The van der Waals surface area contributed by atoms with E-state index in [1.807, 2.05) is 62.4 Å². The fourth-order valence-electron chi connectivity index (χ4n) is 4.46. The van der Waals surface area contributed by atoms with Crippen LogP contribution in [0, 0.1) is 11.8 Å². The van der Waals surface area contributed by atoms with Gasteiger partial charge in [-0.2, -0.15) is 0 Å². The van der Waals surface area contributed by atoms with E-state index in [2.05, 4.69) is 22.2 Å². The summed E-state index contributed by atoms with van der Waals surface area (Å²) in [5.41, 5.74) is 9.92. The molecule has 1 saturated carbocycles. The van der Waals surface area contributed by atoms with Gasteiger partial charge in [0.05, 0.1) is 11.4 Å². The van der Waals surface area contributed by atoms with Crippen LogP contribution in [0.15, 0.2) is 59.6 Å². The van der Waals surface area contributed by atoms with E-state index in [4.69, 9.17) is 4.99 Å². The minimum absolute atomic E-state index is 0.0226. The number of amides is 2. The van der Waals surface area contributed by atoms with Crippen LogP contribution in [0.25, 0.3) is 0 Å². The van der Waals surface area contributed by atoms with Crippen LogP contribution < -0.4 is 16.2 Å². The Labute approximate surface area is 183 Å². The van der Waals surface area contributed by atoms with Crippen LogP contribution in [0.3, 0.4) is 0 Å². The van der Waals surface area contributed by atoms with Crippen molar-refractivity contribution < 1.29 is 9.59 Å². The van der Waals surface area contributed by atoms with Gasteiger partial charge in [-0.05, 0) is 48.9 Å². The summed E-state index contributed by atoms with van der Waals surface area (Å²) in [5.74, 6) is -0.137. The largest absolute Gasteiger partial charge is 0.344 e. The smallest absolute Gasteiger partial charge is 0.261 e. The van der Waals surface area contributed by atoms with Gasteiger partial charge in [0.15, 0.2) is 0 Å². The molecular formula is C25H30N4O2. The Balaban J connectivity index is 1.40. The average molecular weight is 419 g/mol. The molecule has 2 amide bonds. The molecule has 1 aliphatic carbocycles. The van der Waals surface area contributed by atoms with Crippen molar-refractivity contribution in [1.82, 2.24) is 10.7 Å². The van der Waals surface area contributed by atoms with E-state index in [-0.39, 0.29) is 29.6 Å². The molecule has 162 valence electrons. The van der Waals surface area contributed by atoms with Crippen molar-refractivity contribution in [2.24, 2.45) is 16.8 Å². The number of nitrogens with one attached hydrogen (secondary N) is 3. The summed E-state index contributed by atoms with van der Waals surface area (Å²) in [7, 11) is 0. The summed E-state index contributed by atoms with van der Waals surface area (Å²) in [6.45, 7) is 4.02. The van der Waals surface area contributed by atoms with E-state index in [9.17, 15) is 9.59 Å². The van der Waals surface area contributed by atoms with E-state index in [1.54, 1.807) is 0 Å². The predicted octanol–water partition coefficient (Wildman–Crippen LogP) is 4.33. The van der Waals surface area contributed by atoms with Gasteiger partial charge in [-0.15, -0.1) is 0 Å². The van der Waals surface area contributed by atoms with Crippen molar-refractivity contribution in [3.63, 3.8) is 0 Å². The number of hydrazine groups is 1. The molecule has 31 heavy (non-hydrogen) atoms. The van der Waals surface area contributed by atoms with Crippen LogP contribution in [0.4, 0.5) is 11.4 Å². The molecule has 0 radical (unpaired) electrons. The Morgan fingerprint density at radius 1 is 1.10 bits per heavy atom. The number of benzene rings is 2. The van der Waals surface area contributed by atoms with E-state index in [0.29, 0.717) is 0 Å². The summed E-state index contributed by atoms with van der Waals surface area (Å²) in [6, 6.07) is 17.1. The lowest BCUT2D eigenvalue weighted by Gasteiger charge is -2.30. The third kappa shape index (κ3) is 4.63. The number of carbonyl (C=O) groups is 2. The first-order chi connectivity index (χ1) is 15.1. The maximum Gasteiger partial charge on any atom is 0.261 e. The summed E-state index contributed by atoms with van der Waals surface area (Å²) < 4.78 is 0. The summed E-state index contributed by atoms with van der Waals surface area (Å²) in [4.78, 5) is 30.8. The van der Waals surface area contributed by atoms with Crippen molar-refractivity contribution in [3.8, 4) is 0 Å². The number of fused-ring (bicyclic) bond motifs is 3. The highest BCUT2D eigenvalue weighted by Crippen LogP contribution is 2.44. The lowest BCUT2D eigenvalue weighted by Crippen LogP contribution is -2.53. The quantitative estimate of drug-likeness (QED) is 0.585. The Morgan fingerprint density at radius 2 is 1.84 bits per heavy atom. The maximum atomic E-state index is 13.2. The highest BCUT2D eigenvalue weighted by molar-refractivity contribution is 6.00. The standard InChI is InChI=1S/C25H30N4O2/c1-3-16(2)23(25(31)29-28-18-9-5-4-6-10-18)27-24(30)17-13-14-22-20(15-17)19-11-7-8-12-21(19)26-22/h4-12,16-17,20,23,28H,3,13-15H2,1-2H3,(H,27,30)(H,29,31)/t16?,17?,20?,23-/m0/s1. The highest BCUT2D eigenvalue weighted by Gasteiger charge is 2.37. The SMILES string of the molecule is CCC(C)[C@H](NC(=O)C1CCC2=Nc3ccccc3C2C1)C(=O)NNc1ccccc1. The Morgan fingerprint density at radius 3 is 2.61 bits per heavy atom. The van der Waals surface area contributed by atoms with Gasteiger partial charge in [0.2, 0.25) is 5.91 Å². The fraction of sp³-hybridized carbons (Fsp3) is 0.400. The molecule has 0 bridgehead atoms. The van der Waals surface area contributed by atoms with Crippen molar-refractivity contribution in [1.29, 1.82) is 0 Å². The monoisotopic (exact) mass is 418 g/mol. The molecule has 3 N–H and O–H groups in total. The minimum atomic E-state index is -0.584. The van der Waals surface area contributed by atoms with Gasteiger partial charge in [0.1, 0.15) is 6.04 Å². The van der Waals surface area contributed by atoms with Crippen molar-refractivity contribution in [3.05, 3.63) is 60.2 Å². The summed E-state index contributed by atoms with van der Waals surface area (Å²) in [6.07, 6.45) is 3.14.